The minimum atomic E-state index is -0.656. The van der Waals surface area contributed by atoms with Gasteiger partial charge in [0.25, 0.3) is 0 Å². The second-order valence-corrected chi connectivity index (χ2v) is 4.58. The molecule has 0 aliphatic rings. The van der Waals surface area contributed by atoms with Crippen LogP contribution in [0.3, 0.4) is 0 Å². The standard InChI is InChI=1S/C13H9BrF3N/c14-10-5-8(1-3-11(10)16)7-18-13-4-2-9(15)6-12(13)17/h1-6,18H,7H2. The Kier molecular flexibility index (Phi) is 3.91. The first kappa shape index (κ1) is 13.0. The van der Waals surface area contributed by atoms with Crippen molar-refractivity contribution >= 4 is 21.6 Å². The Bertz CT molecular complexity index is 572. The van der Waals surface area contributed by atoms with E-state index in [1.54, 1.807) is 12.1 Å². The molecule has 0 amide bonds. The average Bonchev–Trinajstić information content (AvgIpc) is 2.32. The lowest BCUT2D eigenvalue weighted by Crippen LogP contribution is -2.02. The van der Waals surface area contributed by atoms with E-state index in [9.17, 15) is 13.2 Å². The third-order valence-electron chi connectivity index (χ3n) is 2.40. The van der Waals surface area contributed by atoms with Crippen molar-refractivity contribution in [3.63, 3.8) is 0 Å². The van der Waals surface area contributed by atoms with Crippen LogP contribution in [0.2, 0.25) is 0 Å². The van der Waals surface area contributed by atoms with Crippen molar-refractivity contribution in [2.75, 3.05) is 5.32 Å². The van der Waals surface area contributed by atoms with E-state index in [0.29, 0.717) is 11.0 Å². The Labute approximate surface area is 111 Å². The molecule has 0 heterocycles. The summed E-state index contributed by atoms with van der Waals surface area (Å²) >= 11 is 3.07. The molecule has 2 aromatic carbocycles. The monoisotopic (exact) mass is 315 g/mol. The minimum absolute atomic E-state index is 0.205. The van der Waals surface area contributed by atoms with E-state index in [4.69, 9.17) is 0 Å². The summed E-state index contributed by atoms with van der Waals surface area (Å²) in [6, 6.07) is 7.82. The van der Waals surface area contributed by atoms with Gasteiger partial charge in [0.05, 0.1) is 10.2 Å². The summed E-state index contributed by atoms with van der Waals surface area (Å²) in [5.41, 5.74) is 0.990. The van der Waals surface area contributed by atoms with Crippen LogP contribution in [0.5, 0.6) is 0 Å². The number of rotatable bonds is 3. The summed E-state index contributed by atoms with van der Waals surface area (Å²) in [5.74, 6) is -1.63. The average molecular weight is 316 g/mol. The molecule has 0 unspecified atom stereocenters. The highest BCUT2D eigenvalue weighted by Crippen LogP contribution is 2.19. The number of anilines is 1. The summed E-state index contributed by atoms with van der Waals surface area (Å²) in [6.45, 7) is 0.321. The van der Waals surface area contributed by atoms with Crippen molar-refractivity contribution in [3.8, 4) is 0 Å². The third kappa shape index (κ3) is 3.04. The molecule has 0 radical (unpaired) electrons. The minimum Gasteiger partial charge on any atom is -0.379 e. The molecular formula is C13H9BrF3N. The van der Waals surface area contributed by atoms with Gasteiger partial charge in [-0.05, 0) is 45.8 Å². The van der Waals surface area contributed by atoms with Gasteiger partial charge in [0.2, 0.25) is 0 Å². The summed E-state index contributed by atoms with van der Waals surface area (Å²) in [6.07, 6.45) is 0. The maximum atomic E-state index is 13.3. The van der Waals surface area contributed by atoms with Crippen molar-refractivity contribution < 1.29 is 13.2 Å². The Morgan fingerprint density at radius 2 is 1.72 bits per heavy atom. The molecule has 2 aromatic rings. The van der Waals surface area contributed by atoms with Crippen LogP contribution in [-0.4, -0.2) is 0 Å². The van der Waals surface area contributed by atoms with Gasteiger partial charge < -0.3 is 5.32 Å². The molecule has 1 nitrogen and oxygen atoms in total. The van der Waals surface area contributed by atoms with E-state index in [-0.39, 0.29) is 11.5 Å². The predicted molar refractivity (Wildman–Crippen MR) is 67.8 cm³/mol. The zero-order valence-electron chi connectivity index (χ0n) is 9.18. The molecular weight excluding hydrogens is 307 g/mol. The molecule has 0 saturated carbocycles. The molecule has 94 valence electrons. The Morgan fingerprint density at radius 3 is 2.39 bits per heavy atom. The molecule has 5 heteroatoms. The van der Waals surface area contributed by atoms with Crippen LogP contribution >= 0.6 is 15.9 Å². The van der Waals surface area contributed by atoms with E-state index in [1.165, 1.54) is 18.2 Å². The highest BCUT2D eigenvalue weighted by Gasteiger charge is 2.04. The first-order valence-electron chi connectivity index (χ1n) is 5.19. The van der Waals surface area contributed by atoms with Crippen molar-refractivity contribution in [1.29, 1.82) is 0 Å². The van der Waals surface area contributed by atoms with Gasteiger partial charge in [-0.3, -0.25) is 0 Å². The number of benzene rings is 2. The number of nitrogens with one attached hydrogen (secondary N) is 1. The van der Waals surface area contributed by atoms with E-state index in [0.717, 1.165) is 11.6 Å². The number of hydrogen-bond acceptors (Lipinski definition) is 1. The van der Waals surface area contributed by atoms with Gasteiger partial charge >= 0.3 is 0 Å². The van der Waals surface area contributed by atoms with E-state index in [2.05, 4.69) is 21.2 Å². The normalized spacial score (nSPS) is 10.4. The zero-order valence-corrected chi connectivity index (χ0v) is 10.8. The molecule has 0 saturated heterocycles. The van der Waals surface area contributed by atoms with Gasteiger partial charge in [0, 0.05) is 12.6 Å². The summed E-state index contributed by atoms with van der Waals surface area (Å²) < 4.78 is 39.4. The predicted octanol–water partition coefficient (Wildman–Crippen LogP) is 4.48. The van der Waals surface area contributed by atoms with E-state index < -0.39 is 11.6 Å². The first-order chi connectivity index (χ1) is 8.56. The lowest BCUT2D eigenvalue weighted by molar-refractivity contribution is 0.585. The van der Waals surface area contributed by atoms with Crippen LogP contribution in [-0.2, 0) is 6.54 Å². The van der Waals surface area contributed by atoms with Gasteiger partial charge in [-0.2, -0.15) is 0 Å². The molecule has 0 aromatic heterocycles. The Morgan fingerprint density at radius 1 is 0.944 bits per heavy atom. The maximum absolute atomic E-state index is 13.3. The van der Waals surface area contributed by atoms with Crippen LogP contribution in [0.4, 0.5) is 18.9 Å². The Balaban J connectivity index is 2.09. The van der Waals surface area contributed by atoms with E-state index >= 15 is 0 Å². The van der Waals surface area contributed by atoms with Crippen molar-refractivity contribution in [2.24, 2.45) is 0 Å². The van der Waals surface area contributed by atoms with Gasteiger partial charge in [-0.15, -0.1) is 0 Å². The fraction of sp³-hybridized carbons (Fsp3) is 0.0769. The first-order valence-corrected chi connectivity index (χ1v) is 5.98. The second kappa shape index (κ2) is 5.44. The zero-order chi connectivity index (χ0) is 13.1. The van der Waals surface area contributed by atoms with Crippen LogP contribution in [0.25, 0.3) is 0 Å². The highest BCUT2D eigenvalue weighted by molar-refractivity contribution is 9.10. The van der Waals surface area contributed by atoms with Crippen molar-refractivity contribution in [1.82, 2.24) is 0 Å². The second-order valence-electron chi connectivity index (χ2n) is 3.73. The largest absolute Gasteiger partial charge is 0.379 e. The lowest BCUT2D eigenvalue weighted by atomic mass is 10.2. The fourth-order valence-corrected chi connectivity index (χ4v) is 1.91. The molecule has 0 fully saturated rings. The van der Waals surface area contributed by atoms with Gasteiger partial charge in [-0.1, -0.05) is 6.07 Å². The number of halogens is 4. The molecule has 18 heavy (non-hydrogen) atoms. The SMILES string of the molecule is Fc1ccc(NCc2ccc(F)c(Br)c2)c(F)c1. The Hall–Kier alpha value is -1.49. The van der Waals surface area contributed by atoms with Crippen LogP contribution in [0.15, 0.2) is 40.9 Å². The summed E-state index contributed by atoms with van der Waals surface area (Å²) in [7, 11) is 0. The topological polar surface area (TPSA) is 12.0 Å². The molecule has 0 spiro atoms. The van der Waals surface area contributed by atoms with Gasteiger partial charge in [0.1, 0.15) is 17.5 Å². The van der Waals surface area contributed by atoms with Crippen LogP contribution < -0.4 is 5.32 Å². The van der Waals surface area contributed by atoms with Gasteiger partial charge in [0.15, 0.2) is 0 Å². The molecule has 0 aliphatic carbocycles. The molecule has 0 aliphatic heterocycles. The number of hydrogen-bond donors (Lipinski definition) is 1. The fourth-order valence-electron chi connectivity index (χ4n) is 1.48. The maximum Gasteiger partial charge on any atom is 0.149 e. The highest BCUT2D eigenvalue weighted by atomic mass is 79.9. The molecule has 0 atom stereocenters. The van der Waals surface area contributed by atoms with E-state index in [1.807, 2.05) is 0 Å². The van der Waals surface area contributed by atoms with Crippen LogP contribution in [0.1, 0.15) is 5.56 Å². The van der Waals surface area contributed by atoms with Gasteiger partial charge in [-0.25, -0.2) is 13.2 Å². The molecule has 0 bridgehead atoms. The molecule has 1 N–H and O–H groups in total. The van der Waals surface area contributed by atoms with Crippen LogP contribution in [0, 0.1) is 17.5 Å². The smallest absolute Gasteiger partial charge is 0.149 e. The quantitative estimate of drug-likeness (QED) is 0.880. The lowest BCUT2D eigenvalue weighted by Gasteiger charge is -2.08. The van der Waals surface area contributed by atoms with Crippen molar-refractivity contribution in [3.05, 3.63) is 63.9 Å². The molecule has 2 rings (SSSR count). The van der Waals surface area contributed by atoms with Crippen molar-refractivity contribution in [2.45, 2.75) is 6.54 Å². The third-order valence-corrected chi connectivity index (χ3v) is 3.01. The summed E-state index contributed by atoms with van der Waals surface area (Å²) in [4.78, 5) is 0. The summed E-state index contributed by atoms with van der Waals surface area (Å²) in [5, 5.41) is 2.82.